The van der Waals surface area contributed by atoms with E-state index in [2.05, 4.69) is 20.2 Å². The van der Waals surface area contributed by atoms with Gasteiger partial charge in [0.2, 0.25) is 0 Å². The van der Waals surface area contributed by atoms with Crippen molar-refractivity contribution in [3.8, 4) is 0 Å². The van der Waals surface area contributed by atoms with Crippen molar-refractivity contribution in [3.05, 3.63) is 29.8 Å². The van der Waals surface area contributed by atoms with E-state index in [1.165, 1.54) is 6.20 Å². The van der Waals surface area contributed by atoms with Gasteiger partial charge in [-0.2, -0.15) is 0 Å². The third-order valence-electron chi connectivity index (χ3n) is 3.18. The maximum absolute atomic E-state index is 12.3. The summed E-state index contributed by atoms with van der Waals surface area (Å²) >= 11 is 0. The molecule has 3 rings (SSSR count). The number of sulfonamides is 1. The van der Waals surface area contributed by atoms with Gasteiger partial charge in [-0.3, -0.25) is 4.72 Å². The number of rotatable bonds is 5. The maximum Gasteiger partial charge on any atom is 0.267 e. The summed E-state index contributed by atoms with van der Waals surface area (Å²) in [5, 5.41) is 6.90. The molecule has 0 radical (unpaired) electrons. The van der Waals surface area contributed by atoms with Gasteiger partial charge in [-0.25, -0.2) is 13.4 Å². The molecule has 0 aromatic carbocycles. The Balaban J connectivity index is 1.78. The van der Waals surface area contributed by atoms with Crippen LogP contribution in [0, 0.1) is 13.8 Å². The quantitative estimate of drug-likeness (QED) is 0.877. The van der Waals surface area contributed by atoms with Gasteiger partial charge in [0.05, 0.1) is 11.9 Å². The van der Waals surface area contributed by atoms with E-state index in [1.807, 2.05) is 0 Å². The lowest BCUT2D eigenvalue weighted by Gasteiger charge is -2.08. The summed E-state index contributed by atoms with van der Waals surface area (Å²) in [6.07, 6.45) is 3.80. The molecule has 0 amide bonds. The molecule has 7 nitrogen and oxygen atoms in total. The minimum absolute atomic E-state index is 0.0719. The number of anilines is 2. The number of aromatic nitrogens is 2. The van der Waals surface area contributed by atoms with Gasteiger partial charge in [0.15, 0.2) is 10.7 Å². The first kappa shape index (κ1) is 13.9. The van der Waals surface area contributed by atoms with Crippen LogP contribution in [0.3, 0.4) is 0 Å². The molecule has 1 saturated carbocycles. The highest BCUT2D eigenvalue weighted by molar-refractivity contribution is 7.92. The molecule has 21 heavy (non-hydrogen) atoms. The topological polar surface area (TPSA) is 97.1 Å². The van der Waals surface area contributed by atoms with Crippen LogP contribution in [0.4, 0.5) is 11.5 Å². The van der Waals surface area contributed by atoms with Gasteiger partial charge in [-0.05, 0) is 38.8 Å². The summed E-state index contributed by atoms with van der Waals surface area (Å²) in [5.41, 5.74) is 0.733. The molecular formula is C13H16N4O3S. The number of hydrogen-bond donors (Lipinski definition) is 2. The van der Waals surface area contributed by atoms with Crippen molar-refractivity contribution in [2.75, 3.05) is 10.0 Å². The maximum atomic E-state index is 12.3. The van der Waals surface area contributed by atoms with Gasteiger partial charge in [0.1, 0.15) is 11.5 Å². The molecule has 8 heteroatoms. The highest BCUT2D eigenvalue weighted by Gasteiger charge is 2.24. The van der Waals surface area contributed by atoms with Crippen LogP contribution >= 0.6 is 0 Å². The Morgan fingerprint density at radius 1 is 1.29 bits per heavy atom. The van der Waals surface area contributed by atoms with Gasteiger partial charge in [-0.15, -0.1) is 0 Å². The van der Waals surface area contributed by atoms with Crippen molar-refractivity contribution in [1.82, 2.24) is 10.1 Å². The van der Waals surface area contributed by atoms with Crippen LogP contribution in [-0.2, 0) is 10.0 Å². The second-order valence-electron chi connectivity index (χ2n) is 5.11. The molecule has 0 aliphatic heterocycles. The van der Waals surface area contributed by atoms with Gasteiger partial charge < -0.3 is 9.84 Å². The number of nitrogens with zero attached hydrogens (tertiary/aromatic N) is 2. The third-order valence-corrected chi connectivity index (χ3v) is 4.81. The molecule has 0 atom stereocenters. The van der Waals surface area contributed by atoms with E-state index in [-0.39, 0.29) is 10.7 Å². The molecule has 0 spiro atoms. The Morgan fingerprint density at radius 2 is 2.05 bits per heavy atom. The highest BCUT2D eigenvalue weighted by Crippen LogP contribution is 2.25. The minimum Gasteiger partial charge on any atom is -0.367 e. The standard InChI is InChI=1S/C13H16N4O3S/c1-8-13(9(2)20-16-8)21(18,19)17-11-5-6-12(14-7-11)15-10-3-4-10/h5-7,10,17H,3-4H2,1-2H3,(H,14,15). The lowest BCUT2D eigenvalue weighted by atomic mass is 10.4. The number of pyridine rings is 1. The van der Waals surface area contributed by atoms with Gasteiger partial charge >= 0.3 is 0 Å². The molecule has 2 heterocycles. The normalized spacial score (nSPS) is 15.0. The van der Waals surface area contributed by atoms with Crippen molar-refractivity contribution in [1.29, 1.82) is 0 Å². The zero-order valence-electron chi connectivity index (χ0n) is 11.8. The van der Waals surface area contributed by atoms with Crippen LogP contribution in [0.1, 0.15) is 24.3 Å². The number of nitrogens with one attached hydrogen (secondary N) is 2. The van der Waals surface area contributed by atoms with Crippen LogP contribution in [0.2, 0.25) is 0 Å². The van der Waals surface area contributed by atoms with E-state index >= 15 is 0 Å². The molecule has 2 N–H and O–H groups in total. The van der Waals surface area contributed by atoms with Crippen LogP contribution in [0.5, 0.6) is 0 Å². The Labute approximate surface area is 122 Å². The molecule has 0 unspecified atom stereocenters. The predicted octanol–water partition coefficient (Wildman–Crippen LogP) is 2.06. The van der Waals surface area contributed by atoms with Crippen molar-refractivity contribution in [2.45, 2.75) is 37.6 Å². The zero-order valence-corrected chi connectivity index (χ0v) is 12.6. The van der Waals surface area contributed by atoms with Crippen LogP contribution < -0.4 is 10.0 Å². The zero-order chi connectivity index (χ0) is 15.0. The lowest BCUT2D eigenvalue weighted by molar-refractivity contribution is 0.390. The Kier molecular flexibility index (Phi) is 3.32. The summed E-state index contributed by atoms with van der Waals surface area (Å²) in [4.78, 5) is 4.26. The van der Waals surface area contributed by atoms with E-state index in [9.17, 15) is 8.42 Å². The summed E-state index contributed by atoms with van der Waals surface area (Å²) in [6, 6.07) is 3.93. The van der Waals surface area contributed by atoms with E-state index < -0.39 is 10.0 Å². The van der Waals surface area contributed by atoms with Crippen molar-refractivity contribution >= 4 is 21.5 Å². The first-order valence-corrected chi connectivity index (χ1v) is 8.12. The van der Waals surface area contributed by atoms with E-state index in [1.54, 1.807) is 26.0 Å². The molecule has 1 fully saturated rings. The van der Waals surface area contributed by atoms with E-state index in [0.717, 1.165) is 18.7 Å². The first-order valence-electron chi connectivity index (χ1n) is 6.64. The number of aryl methyl sites for hydroxylation is 2. The minimum atomic E-state index is -3.72. The second-order valence-corrected chi connectivity index (χ2v) is 6.73. The summed E-state index contributed by atoms with van der Waals surface area (Å²) < 4.78 is 32.0. The Morgan fingerprint density at radius 3 is 2.57 bits per heavy atom. The highest BCUT2D eigenvalue weighted by atomic mass is 32.2. The third kappa shape index (κ3) is 2.99. The van der Waals surface area contributed by atoms with Crippen molar-refractivity contribution in [3.63, 3.8) is 0 Å². The van der Waals surface area contributed by atoms with Crippen LogP contribution in [0.25, 0.3) is 0 Å². The predicted molar refractivity (Wildman–Crippen MR) is 77.7 cm³/mol. The lowest BCUT2D eigenvalue weighted by Crippen LogP contribution is -2.14. The molecule has 1 aliphatic carbocycles. The molecule has 1 aliphatic rings. The van der Waals surface area contributed by atoms with Crippen LogP contribution in [0.15, 0.2) is 27.7 Å². The molecular weight excluding hydrogens is 292 g/mol. The monoisotopic (exact) mass is 308 g/mol. The van der Waals surface area contributed by atoms with E-state index in [4.69, 9.17) is 4.52 Å². The fourth-order valence-electron chi connectivity index (χ4n) is 2.04. The molecule has 2 aromatic rings. The molecule has 0 saturated heterocycles. The SMILES string of the molecule is Cc1noc(C)c1S(=O)(=O)Nc1ccc(NC2CC2)nc1. The fraction of sp³-hybridized carbons (Fsp3) is 0.385. The summed E-state index contributed by atoms with van der Waals surface area (Å²) in [5.74, 6) is 1.01. The van der Waals surface area contributed by atoms with Gasteiger partial charge in [-0.1, -0.05) is 5.16 Å². The average molecular weight is 308 g/mol. The van der Waals surface area contributed by atoms with Gasteiger partial charge in [0.25, 0.3) is 10.0 Å². The summed E-state index contributed by atoms with van der Waals surface area (Å²) in [7, 11) is -3.72. The molecule has 2 aromatic heterocycles. The van der Waals surface area contributed by atoms with Crippen LogP contribution in [-0.4, -0.2) is 24.6 Å². The average Bonchev–Trinajstić information content (AvgIpc) is 3.16. The van der Waals surface area contributed by atoms with E-state index in [0.29, 0.717) is 17.4 Å². The molecule has 112 valence electrons. The smallest absolute Gasteiger partial charge is 0.267 e. The fourth-order valence-corrected chi connectivity index (χ4v) is 3.42. The Hall–Kier alpha value is -2.09. The van der Waals surface area contributed by atoms with Crippen molar-refractivity contribution in [2.24, 2.45) is 0 Å². The largest absolute Gasteiger partial charge is 0.367 e. The number of hydrogen-bond acceptors (Lipinski definition) is 6. The molecule has 0 bridgehead atoms. The Bertz CT molecular complexity index is 729. The first-order chi connectivity index (χ1) is 9.95. The van der Waals surface area contributed by atoms with Gasteiger partial charge in [0, 0.05) is 6.04 Å². The second kappa shape index (κ2) is 5.03. The van der Waals surface area contributed by atoms with Crippen molar-refractivity contribution < 1.29 is 12.9 Å². The summed E-state index contributed by atoms with van der Waals surface area (Å²) in [6.45, 7) is 3.15.